The van der Waals surface area contributed by atoms with E-state index in [4.69, 9.17) is 4.74 Å². The summed E-state index contributed by atoms with van der Waals surface area (Å²) in [5, 5.41) is 2.68. The number of nitrogens with zero attached hydrogens (tertiary/aromatic N) is 1. The second kappa shape index (κ2) is 8.53. The van der Waals surface area contributed by atoms with Crippen LogP contribution in [0.5, 0.6) is 0 Å². The van der Waals surface area contributed by atoms with Gasteiger partial charge in [0.25, 0.3) is 5.91 Å². The lowest BCUT2D eigenvalue weighted by atomic mass is 10.1. The maximum absolute atomic E-state index is 13.0. The van der Waals surface area contributed by atoms with Gasteiger partial charge in [0.15, 0.2) is 6.54 Å². The summed E-state index contributed by atoms with van der Waals surface area (Å²) in [6.07, 6.45) is -4.45. The number of halogens is 3. The Morgan fingerprint density at radius 1 is 1.24 bits per heavy atom. The fraction of sp³-hybridized carbons (Fsp3) is 0.588. The highest BCUT2D eigenvalue weighted by molar-refractivity contribution is 5.95. The maximum Gasteiger partial charge on any atom is 0.416 e. The number of rotatable bonds is 6. The second-order valence-corrected chi connectivity index (χ2v) is 5.99. The average molecular weight is 360 g/mol. The molecule has 1 saturated heterocycles. The van der Waals surface area contributed by atoms with Gasteiger partial charge in [0.2, 0.25) is 0 Å². The van der Waals surface area contributed by atoms with Gasteiger partial charge in [0.1, 0.15) is 13.1 Å². The van der Waals surface area contributed by atoms with E-state index in [2.05, 4.69) is 5.32 Å². The van der Waals surface area contributed by atoms with E-state index in [0.717, 1.165) is 30.1 Å². The molecule has 1 aromatic carbocycles. The number of amides is 1. The first-order valence-corrected chi connectivity index (χ1v) is 8.52. The van der Waals surface area contributed by atoms with Crippen LogP contribution in [0, 0.1) is 0 Å². The minimum absolute atomic E-state index is 0.205. The van der Waals surface area contributed by atoms with E-state index in [-0.39, 0.29) is 18.1 Å². The number of hydrogen-bond donors (Lipinski definition) is 2. The lowest BCUT2D eigenvalue weighted by molar-refractivity contribution is -0.899. The predicted octanol–water partition coefficient (Wildman–Crippen LogP) is 1.41. The average Bonchev–Trinajstić information content (AvgIpc) is 2.57. The molecule has 0 atom stereocenters. The molecular formula is C17H25F3N3O2+. The molecule has 0 bridgehead atoms. The largest absolute Gasteiger partial charge is 0.416 e. The number of benzene rings is 1. The summed E-state index contributed by atoms with van der Waals surface area (Å²) < 4.78 is 44.3. The van der Waals surface area contributed by atoms with Crippen LogP contribution in [0.25, 0.3) is 0 Å². The van der Waals surface area contributed by atoms with Crippen molar-refractivity contribution in [2.75, 3.05) is 56.2 Å². The van der Waals surface area contributed by atoms with E-state index in [1.807, 2.05) is 18.7 Å². The van der Waals surface area contributed by atoms with E-state index < -0.39 is 11.7 Å². The number of nitrogens with one attached hydrogen (secondary N) is 2. The zero-order valence-electron chi connectivity index (χ0n) is 14.6. The van der Waals surface area contributed by atoms with Crippen molar-refractivity contribution in [3.63, 3.8) is 0 Å². The lowest BCUT2D eigenvalue weighted by Crippen LogP contribution is -3.15. The van der Waals surface area contributed by atoms with Crippen molar-refractivity contribution in [2.45, 2.75) is 20.0 Å². The summed E-state index contributed by atoms with van der Waals surface area (Å²) in [4.78, 5) is 15.3. The summed E-state index contributed by atoms with van der Waals surface area (Å²) in [7, 11) is 0. The highest BCUT2D eigenvalue weighted by Crippen LogP contribution is 2.35. The van der Waals surface area contributed by atoms with Gasteiger partial charge in [0.05, 0.1) is 30.2 Å². The summed E-state index contributed by atoms with van der Waals surface area (Å²) in [5.41, 5.74) is 0.0388. The topological polar surface area (TPSA) is 46.0 Å². The Labute approximate surface area is 145 Å². The van der Waals surface area contributed by atoms with Gasteiger partial charge in [-0.25, -0.2) is 0 Å². The number of ether oxygens (including phenoxy) is 1. The highest BCUT2D eigenvalue weighted by atomic mass is 19.4. The summed E-state index contributed by atoms with van der Waals surface area (Å²) >= 11 is 0. The molecule has 25 heavy (non-hydrogen) atoms. The molecule has 2 N–H and O–H groups in total. The van der Waals surface area contributed by atoms with Gasteiger partial charge in [-0.05, 0) is 32.0 Å². The van der Waals surface area contributed by atoms with Crippen LogP contribution in [0.15, 0.2) is 18.2 Å². The number of carbonyl (C=O) groups is 1. The number of alkyl halides is 3. The Kier molecular flexibility index (Phi) is 6.66. The Morgan fingerprint density at radius 2 is 1.88 bits per heavy atom. The molecule has 1 amide bonds. The number of carbonyl (C=O) groups excluding carboxylic acids is 1. The smallest absolute Gasteiger partial charge is 0.370 e. The van der Waals surface area contributed by atoms with E-state index in [1.54, 1.807) is 0 Å². The Morgan fingerprint density at radius 3 is 2.44 bits per heavy atom. The fourth-order valence-corrected chi connectivity index (χ4v) is 2.91. The SMILES string of the molecule is CCN(CC)c1ccc(C(F)(F)F)cc1NC(=O)C[NH+]1CCOCC1. The summed E-state index contributed by atoms with van der Waals surface area (Å²) in [6.45, 7) is 7.97. The van der Waals surface area contributed by atoms with Gasteiger partial charge in [-0.15, -0.1) is 0 Å². The molecule has 1 aliphatic rings. The fourth-order valence-electron chi connectivity index (χ4n) is 2.91. The molecule has 140 valence electrons. The first kappa shape index (κ1) is 19.5. The molecule has 1 heterocycles. The van der Waals surface area contributed by atoms with E-state index in [9.17, 15) is 18.0 Å². The van der Waals surface area contributed by atoms with E-state index >= 15 is 0 Å². The van der Waals surface area contributed by atoms with Crippen LogP contribution in [0.2, 0.25) is 0 Å². The molecule has 2 rings (SSSR count). The maximum atomic E-state index is 13.0. The van der Waals surface area contributed by atoms with Crippen molar-refractivity contribution >= 4 is 17.3 Å². The van der Waals surface area contributed by atoms with Crippen LogP contribution in [0.4, 0.5) is 24.5 Å². The van der Waals surface area contributed by atoms with Gasteiger partial charge < -0.3 is 19.9 Å². The third-order valence-electron chi connectivity index (χ3n) is 4.31. The first-order valence-electron chi connectivity index (χ1n) is 8.52. The molecule has 8 heteroatoms. The van der Waals surface area contributed by atoms with Crippen LogP contribution in [0.3, 0.4) is 0 Å². The third kappa shape index (κ3) is 5.34. The zero-order valence-corrected chi connectivity index (χ0v) is 14.6. The van der Waals surface area contributed by atoms with Crippen molar-refractivity contribution in [1.29, 1.82) is 0 Å². The van der Waals surface area contributed by atoms with Gasteiger partial charge in [-0.3, -0.25) is 4.79 Å². The van der Waals surface area contributed by atoms with Crippen LogP contribution >= 0.6 is 0 Å². The zero-order chi connectivity index (χ0) is 18.4. The molecule has 0 radical (unpaired) electrons. The quantitative estimate of drug-likeness (QED) is 0.806. The number of quaternary nitrogens is 1. The predicted molar refractivity (Wildman–Crippen MR) is 90.0 cm³/mol. The molecule has 1 fully saturated rings. The van der Waals surface area contributed by atoms with Crippen molar-refractivity contribution in [3.8, 4) is 0 Å². The Bertz CT molecular complexity index is 583. The second-order valence-electron chi connectivity index (χ2n) is 5.99. The molecule has 0 unspecified atom stereocenters. The molecular weight excluding hydrogens is 335 g/mol. The normalized spacial score (nSPS) is 15.9. The lowest BCUT2D eigenvalue weighted by Gasteiger charge is -2.26. The summed E-state index contributed by atoms with van der Waals surface area (Å²) in [5.74, 6) is -0.287. The van der Waals surface area contributed by atoms with Crippen LogP contribution in [0.1, 0.15) is 19.4 Å². The van der Waals surface area contributed by atoms with Crippen molar-refractivity contribution in [2.24, 2.45) is 0 Å². The minimum Gasteiger partial charge on any atom is -0.370 e. The van der Waals surface area contributed by atoms with Gasteiger partial charge >= 0.3 is 6.18 Å². The van der Waals surface area contributed by atoms with E-state index in [0.29, 0.717) is 32.0 Å². The molecule has 5 nitrogen and oxygen atoms in total. The van der Waals surface area contributed by atoms with Crippen LogP contribution in [-0.2, 0) is 15.7 Å². The molecule has 0 spiro atoms. The highest BCUT2D eigenvalue weighted by Gasteiger charge is 2.31. The Balaban J connectivity index is 2.20. The van der Waals surface area contributed by atoms with Crippen molar-refractivity contribution in [1.82, 2.24) is 0 Å². The third-order valence-corrected chi connectivity index (χ3v) is 4.31. The number of morpholine rings is 1. The molecule has 0 saturated carbocycles. The molecule has 0 aliphatic carbocycles. The van der Waals surface area contributed by atoms with Crippen LogP contribution < -0.4 is 15.1 Å². The van der Waals surface area contributed by atoms with Crippen molar-refractivity contribution in [3.05, 3.63) is 23.8 Å². The molecule has 1 aliphatic heterocycles. The van der Waals surface area contributed by atoms with Gasteiger partial charge in [-0.2, -0.15) is 13.2 Å². The van der Waals surface area contributed by atoms with Crippen molar-refractivity contribution < 1.29 is 27.6 Å². The first-order chi connectivity index (χ1) is 11.8. The Hall–Kier alpha value is -1.80. The van der Waals surface area contributed by atoms with Gasteiger partial charge in [-0.1, -0.05) is 0 Å². The molecule has 0 aromatic heterocycles. The van der Waals surface area contributed by atoms with Gasteiger partial charge in [0, 0.05) is 13.1 Å². The monoisotopic (exact) mass is 360 g/mol. The number of anilines is 2. The molecule has 1 aromatic rings. The summed E-state index contributed by atoms with van der Waals surface area (Å²) in [6, 6.07) is 3.49. The standard InChI is InChI=1S/C17H24F3N3O2/c1-3-23(4-2)15-6-5-13(17(18,19)20)11-14(15)21-16(24)12-22-7-9-25-10-8-22/h5-6,11H,3-4,7-10,12H2,1-2H3,(H,21,24)/p+1. The van der Waals surface area contributed by atoms with Crippen LogP contribution in [-0.4, -0.2) is 51.8 Å². The minimum atomic E-state index is -4.45. The number of hydrogen-bond acceptors (Lipinski definition) is 3. The van der Waals surface area contributed by atoms with E-state index in [1.165, 1.54) is 6.07 Å².